The zero-order valence-electron chi connectivity index (χ0n) is 17.0. The van der Waals surface area contributed by atoms with E-state index < -0.39 is 4.92 Å². The normalized spacial score (nSPS) is 17.0. The topological polar surface area (TPSA) is 77.6 Å². The average molecular weight is 407 g/mol. The third-order valence-corrected chi connectivity index (χ3v) is 5.84. The maximum atomic E-state index is 13.3. The van der Waals surface area contributed by atoms with Crippen LogP contribution in [0, 0.1) is 10.1 Å². The number of nitro benzene ring substituents is 1. The number of likely N-dealkylation sites (tertiary alicyclic amines) is 1. The van der Waals surface area contributed by atoms with Gasteiger partial charge in [0, 0.05) is 35.8 Å². The quantitative estimate of drug-likeness (QED) is 0.454. The Morgan fingerprint density at radius 1 is 1.13 bits per heavy atom. The van der Waals surface area contributed by atoms with Gasteiger partial charge in [-0.1, -0.05) is 25.0 Å². The second-order valence-corrected chi connectivity index (χ2v) is 7.67. The molecule has 1 saturated heterocycles. The van der Waals surface area contributed by atoms with Gasteiger partial charge in [-0.25, -0.2) is 0 Å². The molecule has 1 aromatic heterocycles. The number of ether oxygens (including phenoxy) is 1. The van der Waals surface area contributed by atoms with Gasteiger partial charge in [0.05, 0.1) is 18.1 Å². The Balaban J connectivity index is 1.58. The van der Waals surface area contributed by atoms with Crippen LogP contribution in [-0.2, 0) is 11.3 Å². The molecule has 1 amide bonds. The maximum Gasteiger partial charge on any atom is 0.270 e. The highest BCUT2D eigenvalue weighted by Gasteiger charge is 2.27. The number of aromatic nitrogens is 1. The fourth-order valence-electron chi connectivity index (χ4n) is 4.25. The van der Waals surface area contributed by atoms with Crippen molar-refractivity contribution in [3.8, 4) is 5.75 Å². The van der Waals surface area contributed by atoms with Crippen LogP contribution in [0.4, 0.5) is 5.69 Å². The number of hydrogen-bond donors (Lipinski definition) is 0. The van der Waals surface area contributed by atoms with E-state index in [1.807, 2.05) is 46.0 Å². The minimum absolute atomic E-state index is 0.0498. The molecule has 1 aliphatic heterocycles. The fourth-order valence-corrected chi connectivity index (χ4v) is 4.25. The second-order valence-electron chi connectivity index (χ2n) is 7.67. The monoisotopic (exact) mass is 407 g/mol. The number of benzene rings is 2. The van der Waals surface area contributed by atoms with Gasteiger partial charge in [-0.05, 0) is 42.7 Å². The van der Waals surface area contributed by atoms with E-state index >= 15 is 0 Å². The molecule has 0 spiro atoms. The summed E-state index contributed by atoms with van der Waals surface area (Å²) in [6.45, 7) is 0.953. The van der Waals surface area contributed by atoms with E-state index in [2.05, 4.69) is 0 Å². The number of methoxy groups -OCH3 is 1. The molecule has 2 aromatic carbocycles. The molecule has 1 aliphatic rings. The van der Waals surface area contributed by atoms with Crippen LogP contribution in [-0.4, -0.2) is 34.0 Å². The molecule has 4 rings (SSSR count). The number of fused-ring (bicyclic) bond motifs is 1. The highest BCUT2D eigenvalue weighted by atomic mass is 16.6. The number of nitro groups is 1. The van der Waals surface area contributed by atoms with Crippen LogP contribution in [0.3, 0.4) is 0 Å². The zero-order chi connectivity index (χ0) is 21.1. The van der Waals surface area contributed by atoms with Crippen LogP contribution in [0.5, 0.6) is 5.75 Å². The molecule has 0 N–H and O–H groups in total. The highest BCUT2D eigenvalue weighted by molar-refractivity contribution is 5.85. The smallest absolute Gasteiger partial charge is 0.270 e. The molecule has 7 heteroatoms. The Morgan fingerprint density at radius 2 is 1.93 bits per heavy atom. The van der Waals surface area contributed by atoms with Gasteiger partial charge in [0.1, 0.15) is 12.3 Å². The van der Waals surface area contributed by atoms with E-state index in [1.54, 1.807) is 19.2 Å². The lowest BCUT2D eigenvalue weighted by atomic mass is 10.0. The first-order valence-corrected chi connectivity index (χ1v) is 10.2. The molecule has 0 unspecified atom stereocenters. The first kappa shape index (κ1) is 19.9. The van der Waals surface area contributed by atoms with Gasteiger partial charge in [-0.2, -0.15) is 0 Å². The summed E-state index contributed by atoms with van der Waals surface area (Å²) in [5.74, 6) is 0.867. The second kappa shape index (κ2) is 8.57. The van der Waals surface area contributed by atoms with Gasteiger partial charge < -0.3 is 14.2 Å². The van der Waals surface area contributed by atoms with E-state index in [0.717, 1.165) is 54.4 Å². The number of carbonyl (C=O) groups excluding carboxylic acids is 1. The molecule has 0 aliphatic carbocycles. The molecule has 3 aromatic rings. The van der Waals surface area contributed by atoms with Crippen LogP contribution < -0.4 is 4.74 Å². The van der Waals surface area contributed by atoms with E-state index in [9.17, 15) is 14.9 Å². The summed E-state index contributed by atoms with van der Waals surface area (Å²) in [6, 6.07) is 14.6. The Labute approximate surface area is 175 Å². The molecule has 156 valence electrons. The Morgan fingerprint density at radius 3 is 2.67 bits per heavy atom. The standard InChI is InChI=1S/C23H25N3O4/c1-30-20-9-6-17(7-10-20)22-5-3-2-4-13-25(22)23(27)16-24-14-12-18-15-19(26(28)29)8-11-21(18)24/h6-12,14-15,22H,2-5,13,16H2,1H3/t22-/m0/s1. The Hall–Kier alpha value is -3.35. The van der Waals surface area contributed by atoms with Gasteiger partial charge in [-0.3, -0.25) is 14.9 Å². The van der Waals surface area contributed by atoms with Gasteiger partial charge in [0.25, 0.3) is 5.69 Å². The van der Waals surface area contributed by atoms with Crippen LogP contribution >= 0.6 is 0 Å². The van der Waals surface area contributed by atoms with E-state index in [0.29, 0.717) is 0 Å². The van der Waals surface area contributed by atoms with Crippen molar-refractivity contribution in [2.24, 2.45) is 0 Å². The van der Waals surface area contributed by atoms with E-state index in [1.165, 1.54) is 6.07 Å². The molecule has 2 heterocycles. The molecule has 0 radical (unpaired) electrons. The molecular weight excluding hydrogens is 382 g/mol. The summed E-state index contributed by atoms with van der Waals surface area (Å²) < 4.78 is 7.14. The third kappa shape index (κ3) is 4.01. The van der Waals surface area contributed by atoms with Crippen LogP contribution in [0.2, 0.25) is 0 Å². The largest absolute Gasteiger partial charge is 0.497 e. The predicted octanol–water partition coefficient (Wildman–Crippen LogP) is 4.70. The Kier molecular flexibility index (Phi) is 5.70. The molecule has 7 nitrogen and oxygen atoms in total. The van der Waals surface area contributed by atoms with Crippen molar-refractivity contribution >= 4 is 22.5 Å². The molecule has 1 atom stereocenters. The van der Waals surface area contributed by atoms with Crippen LogP contribution in [0.15, 0.2) is 54.7 Å². The number of nitrogens with zero attached hydrogens (tertiary/aromatic N) is 3. The van der Waals surface area contributed by atoms with Crippen molar-refractivity contribution in [3.63, 3.8) is 0 Å². The van der Waals surface area contributed by atoms with E-state index in [-0.39, 0.29) is 24.2 Å². The number of hydrogen-bond acceptors (Lipinski definition) is 4. The number of non-ortho nitro benzene ring substituents is 1. The number of amides is 1. The summed E-state index contributed by atoms with van der Waals surface area (Å²) in [7, 11) is 1.65. The van der Waals surface area contributed by atoms with Crippen molar-refractivity contribution in [2.75, 3.05) is 13.7 Å². The maximum absolute atomic E-state index is 13.3. The third-order valence-electron chi connectivity index (χ3n) is 5.84. The highest BCUT2D eigenvalue weighted by Crippen LogP contribution is 2.32. The minimum Gasteiger partial charge on any atom is -0.497 e. The zero-order valence-corrected chi connectivity index (χ0v) is 17.0. The van der Waals surface area contributed by atoms with Gasteiger partial charge in [0.2, 0.25) is 5.91 Å². The molecule has 30 heavy (non-hydrogen) atoms. The molecule has 0 saturated carbocycles. The average Bonchev–Trinajstić information content (AvgIpc) is 2.99. The minimum atomic E-state index is -0.404. The lowest BCUT2D eigenvalue weighted by Gasteiger charge is -2.31. The van der Waals surface area contributed by atoms with Crippen molar-refractivity contribution in [1.29, 1.82) is 0 Å². The summed E-state index contributed by atoms with van der Waals surface area (Å²) in [4.78, 5) is 25.9. The first-order chi connectivity index (χ1) is 14.6. The van der Waals surface area contributed by atoms with Crippen LogP contribution in [0.1, 0.15) is 37.3 Å². The lowest BCUT2D eigenvalue weighted by Crippen LogP contribution is -2.37. The Bertz CT molecular complexity index is 1060. The van der Waals surface area contributed by atoms with Crippen LogP contribution in [0.25, 0.3) is 10.9 Å². The van der Waals surface area contributed by atoms with Crippen molar-refractivity contribution in [2.45, 2.75) is 38.3 Å². The van der Waals surface area contributed by atoms with Gasteiger partial charge in [-0.15, -0.1) is 0 Å². The molecular formula is C23H25N3O4. The first-order valence-electron chi connectivity index (χ1n) is 10.2. The van der Waals surface area contributed by atoms with Crippen molar-refractivity contribution in [3.05, 3.63) is 70.4 Å². The lowest BCUT2D eigenvalue weighted by molar-refractivity contribution is -0.384. The SMILES string of the molecule is COc1ccc([C@@H]2CCCCCN2C(=O)Cn2ccc3cc([N+](=O)[O-])ccc32)cc1. The van der Waals surface area contributed by atoms with E-state index in [4.69, 9.17) is 4.74 Å². The predicted molar refractivity (Wildman–Crippen MR) is 115 cm³/mol. The fraction of sp³-hybridized carbons (Fsp3) is 0.348. The summed E-state index contributed by atoms with van der Waals surface area (Å²) in [6.07, 6.45) is 5.98. The molecule has 0 bridgehead atoms. The summed E-state index contributed by atoms with van der Waals surface area (Å²) in [5.41, 5.74) is 2.00. The molecule has 1 fully saturated rings. The summed E-state index contributed by atoms with van der Waals surface area (Å²) in [5, 5.41) is 11.8. The van der Waals surface area contributed by atoms with Gasteiger partial charge >= 0.3 is 0 Å². The van der Waals surface area contributed by atoms with Crippen molar-refractivity contribution < 1.29 is 14.5 Å². The number of carbonyl (C=O) groups is 1. The summed E-state index contributed by atoms with van der Waals surface area (Å²) >= 11 is 0. The van der Waals surface area contributed by atoms with Gasteiger partial charge in [0.15, 0.2) is 0 Å². The number of rotatable bonds is 5. The van der Waals surface area contributed by atoms with Crippen molar-refractivity contribution in [1.82, 2.24) is 9.47 Å².